The summed E-state index contributed by atoms with van der Waals surface area (Å²) in [6.45, 7) is 5.33. The third-order valence-corrected chi connectivity index (χ3v) is 3.55. The van der Waals surface area contributed by atoms with Crippen LogP contribution in [0.1, 0.15) is 55.2 Å². The molecule has 1 unspecified atom stereocenters. The highest BCUT2D eigenvalue weighted by Gasteiger charge is 2.22. The molecule has 82 valence electrons. The van der Waals surface area contributed by atoms with Gasteiger partial charge in [-0.15, -0.1) is 0 Å². The summed E-state index contributed by atoms with van der Waals surface area (Å²) in [6.07, 6.45) is 3.70. The van der Waals surface area contributed by atoms with Gasteiger partial charge in [0.1, 0.15) is 0 Å². The summed E-state index contributed by atoms with van der Waals surface area (Å²) >= 11 is 0. The van der Waals surface area contributed by atoms with Gasteiger partial charge >= 0.3 is 0 Å². The third-order valence-electron chi connectivity index (χ3n) is 3.55. The van der Waals surface area contributed by atoms with E-state index in [1.165, 1.54) is 18.4 Å². The quantitative estimate of drug-likeness (QED) is 0.802. The monoisotopic (exact) mass is 203 g/mol. The Labute approximate surface area is 92.7 Å². The Balaban J connectivity index is 2.29. The molecule has 2 rings (SSSR count). The molecule has 0 spiro atoms. The molecule has 0 saturated heterocycles. The fraction of sp³-hybridized carbons (Fsp3) is 0.571. The zero-order valence-electron chi connectivity index (χ0n) is 9.79. The number of fused-ring (bicyclic) bond motifs is 1. The van der Waals surface area contributed by atoms with Crippen LogP contribution in [0.2, 0.25) is 0 Å². The van der Waals surface area contributed by atoms with Crippen LogP contribution in [0.15, 0.2) is 18.2 Å². The molecule has 0 amide bonds. The van der Waals surface area contributed by atoms with Crippen LogP contribution in [0, 0.1) is 0 Å². The normalized spacial score (nSPS) is 19.6. The van der Waals surface area contributed by atoms with Gasteiger partial charge in [0.15, 0.2) is 0 Å². The molecular formula is C14H21N. The Morgan fingerprint density at radius 2 is 2.20 bits per heavy atom. The van der Waals surface area contributed by atoms with E-state index in [0.29, 0.717) is 5.92 Å². The molecule has 0 radical (unpaired) electrons. The van der Waals surface area contributed by atoms with E-state index >= 15 is 0 Å². The van der Waals surface area contributed by atoms with Crippen molar-refractivity contribution in [3.05, 3.63) is 34.9 Å². The maximum atomic E-state index is 5.66. The molecule has 0 aromatic heterocycles. The van der Waals surface area contributed by atoms with Crippen molar-refractivity contribution >= 4 is 0 Å². The molecule has 2 N–H and O–H groups in total. The largest absolute Gasteiger partial charge is 0.330 e. The smallest absolute Gasteiger partial charge is 0.00714 e. The number of aryl methyl sites for hydroxylation is 1. The molecule has 0 bridgehead atoms. The van der Waals surface area contributed by atoms with Gasteiger partial charge < -0.3 is 5.73 Å². The van der Waals surface area contributed by atoms with Crippen molar-refractivity contribution in [3.8, 4) is 0 Å². The molecule has 15 heavy (non-hydrogen) atoms. The van der Waals surface area contributed by atoms with Gasteiger partial charge in [-0.3, -0.25) is 0 Å². The average Bonchev–Trinajstić information content (AvgIpc) is 2.61. The first-order valence-electron chi connectivity index (χ1n) is 6.05. The van der Waals surface area contributed by atoms with Crippen LogP contribution in [0.25, 0.3) is 0 Å². The Bertz CT molecular complexity index is 339. The van der Waals surface area contributed by atoms with E-state index < -0.39 is 0 Å². The fourth-order valence-electron chi connectivity index (χ4n) is 2.57. The van der Waals surface area contributed by atoms with E-state index in [0.717, 1.165) is 18.9 Å². The predicted molar refractivity (Wildman–Crippen MR) is 65.3 cm³/mol. The van der Waals surface area contributed by atoms with E-state index in [2.05, 4.69) is 32.0 Å². The minimum Gasteiger partial charge on any atom is -0.330 e. The van der Waals surface area contributed by atoms with Crippen molar-refractivity contribution in [1.29, 1.82) is 0 Å². The Kier molecular flexibility index (Phi) is 3.11. The van der Waals surface area contributed by atoms with Gasteiger partial charge in [0.2, 0.25) is 0 Å². The van der Waals surface area contributed by atoms with E-state index in [1.54, 1.807) is 11.1 Å². The molecular weight excluding hydrogens is 182 g/mol. The Morgan fingerprint density at radius 3 is 2.87 bits per heavy atom. The minimum absolute atomic E-state index is 0.634. The van der Waals surface area contributed by atoms with Gasteiger partial charge in [0.25, 0.3) is 0 Å². The lowest BCUT2D eigenvalue weighted by molar-refractivity contribution is 0.626. The second kappa shape index (κ2) is 4.36. The maximum Gasteiger partial charge on any atom is -0.00714 e. The van der Waals surface area contributed by atoms with Gasteiger partial charge in [-0.1, -0.05) is 32.0 Å². The standard InChI is InChI=1S/C14H21N/c1-10(2)13-6-5-11-3-4-12(7-8-15)14(11)9-13/h5-6,9-10,12H,3-4,7-8,15H2,1-2H3. The molecule has 0 fully saturated rings. The minimum atomic E-state index is 0.634. The van der Waals surface area contributed by atoms with Crippen LogP contribution in [0.3, 0.4) is 0 Å². The van der Waals surface area contributed by atoms with Gasteiger partial charge in [0.05, 0.1) is 0 Å². The topological polar surface area (TPSA) is 26.0 Å². The highest BCUT2D eigenvalue weighted by atomic mass is 14.5. The summed E-state index contributed by atoms with van der Waals surface area (Å²) < 4.78 is 0. The zero-order chi connectivity index (χ0) is 10.8. The van der Waals surface area contributed by atoms with E-state index in [9.17, 15) is 0 Å². The summed E-state index contributed by atoms with van der Waals surface area (Å²) in [6, 6.07) is 7.02. The molecule has 0 saturated carbocycles. The lowest BCUT2D eigenvalue weighted by Crippen LogP contribution is -2.05. The van der Waals surface area contributed by atoms with Crippen molar-refractivity contribution in [2.24, 2.45) is 5.73 Å². The lowest BCUT2D eigenvalue weighted by Gasteiger charge is -2.13. The molecule has 1 aliphatic carbocycles. The number of hydrogen-bond acceptors (Lipinski definition) is 1. The predicted octanol–water partition coefficient (Wildman–Crippen LogP) is 3.19. The first-order valence-corrected chi connectivity index (χ1v) is 6.05. The van der Waals surface area contributed by atoms with Crippen LogP contribution < -0.4 is 5.73 Å². The molecule has 1 heteroatoms. The molecule has 0 aliphatic heterocycles. The summed E-state index contributed by atoms with van der Waals surface area (Å²) in [7, 11) is 0. The molecule has 1 atom stereocenters. The molecule has 0 heterocycles. The second-order valence-corrected chi connectivity index (χ2v) is 4.93. The third kappa shape index (κ3) is 2.07. The molecule has 1 nitrogen and oxygen atoms in total. The number of hydrogen-bond donors (Lipinski definition) is 1. The van der Waals surface area contributed by atoms with Gasteiger partial charge in [-0.25, -0.2) is 0 Å². The number of rotatable bonds is 3. The van der Waals surface area contributed by atoms with Gasteiger partial charge in [-0.2, -0.15) is 0 Å². The number of nitrogens with two attached hydrogens (primary N) is 1. The summed E-state index contributed by atoms with van der Waals surface area (Å²) in [5.41, 5.74) is 10.3. The molecule has 1 aromatic rings. The van der Waals surface area contributed by atoms with Crippen molar-refractivity contribution < 1.29 is 0 Å². The van der Waals surface area contributed by atoms with Crippen molar-refractivity contribution in [2.45, 2.75) is 44.9 Å². The SMILES string of the molecule is CC(C)c1ccc2c(c1)C(CCN)CC2. The highest BCUT2D eigenvalue weighted by molar-refractivity contribution is 5.39. The van der Waals surface area contributed by atoms with Crippen LogP contribution >= 0.6 is 0 Å². The van der Waals surface area contributed by atoms with E-state index in [4.69, 9.17) is 5.73 Å². The van der Waals surface area contributed by atoms with Crippen molar-refractivity contribution in [2.75, 3.05) is 6.54 Å². The summed E-state index contributed by atoms with van der Waals surface area (Å²) in [4.78, 5) is 0. The second-order valence-electron chi connectivity index (χ2n) is 4.93. The van der Waals surface area contributed by atoms with Gasteiger partial charge in [0, 0.05) is 0 Å². The van der Waals surface area contributed by atoms with Crippen LogP contribution in [0.5, 0.6) is 0 Å². The van der Waals surface area contributed by atoms with Crippen LogP contribution in [-0.4, -0.2) is 6.54 Å². The lowest BCUT2D eigenvalue weighted by atomic mass is 9.93. The first-order chi connectivity index (χ1) is 7.22. The fourth-order valence-corrected chi connectivity index (χ4v) is 2.57. The first kappa shape index (κ1) is 10.7. The summed E-state index contributed by atoms with van der Waals surface area (Å²) in [5, 5.41) is 0. The van der Waals surface area contributed by atoms with E-state index in [1.807, 2.05) is 0 Å². The van der Waals surface area contributed by atoms with Crippen molar-refractivity contribution in [1.82, 2.24) is 0 Å². The van der Waals surface area contributed by atoms with Crippen LogP contribution in [-0.2, 0) is 6.42 Å². The maximum absolute atomic E-state index is 5.66. The molecule has 1 aromatic carbocycles. The number of benzene rings is 1. The molecule has 1 aliphatic rings. The van der Waals surface area contributed by atoms with Crippen molar-refractivity contribution in [3.63, 3.8) is 0 Å². The average molecular weight is 203 g/mol. The summed E-state index contributed by atoms with van der Waals surface area (Å²) in [5.74, 6) is 1.36. The highest BCUT2D eigenvalue weighted by Crippen LogP contribution is 2.36. The van der Waals surface area contributed by atoms with Crippen LogP contribution in [0.4, 0.5) is 0 Å². The van der Waals surface area contributed by atoms with Gasteiger partial charge in [-0.05, 0) is 54.3 Å². The Morgan fingerprint density at radius 1 is 1.40 bits per heavy atom. The Hall–Kier alpha value is -0.820. The van der Waals surface area contributed by atoms with E-state index in [-0.39, 0.29) is 0 Å². The zero-order valence-corrected chi connectivity index (χ0v) is 9.79.